The number of ether oxygens (including phenoxy) is 1. The summed E-state index contributed by atoms with van der Waals surface area (Å²) in [5.41, 5.74) is 0.633. The number of amides is 1. The van der Waals surface area contributed by atoms with E-state index in [1.54, 1.807) is 12.1 Å². The summed E-state index contributed by atoms with van der Waals surface area (Å²) in [6.45, 7) is 8.48. The molecule has 1 N–H and O–H groups in total. The molecule has 1 aromatic heterocycles. The molecule has 1 fully saturated rings. The normalized spacial score (nSPS) is 15.8. The molecule has 1 saturated heterocycles. The van der Waals surface area contributed by atoms with Gasteiger partial charge in [0.1, 0.15) is 12.4 Å². The maximum absolute atomic E-state index is 13.3. The van der Waals surface area contributed by atoms with Crippen LogP contribution in [0.15, 0.2) is 47.1 Å². The number of hydrogen-bond acceptors (Lipinski definition) is 6. The SMILES string of the molecule is CCN(CC)CCOc1ccc(C(=O)N2CCCCCC2CC(=O)c2ccco2)cc1.O=C(O)C(F)(F)F. The van der Waals surface area contributed by atoms with Gasteiger partial charge >= 0.3 is 12.1 Å². The van der Waals surface area contributed by atoms with Crippen molar-refractivity contribution in [1.29, 1.82) is 0 Å². The van der Waals surface area contributed by atoms with Crippen LogP contribution >= 0.6 is 0 Å². The Bertz CT molecular complexity index is 1000. The number of Topliss-reactive ketones (excluding diaryl/α,β-unsaturated/α-hetero) is 1. The molecule has 0 radical (unpaired) electrons. The molecule has 38 heavy (non-hydrogen) atoms. The average molecular weight is 541 g/mol. The molecule has 1 atom stereocenters. The molecule has 1 aliphatic heterocycles. The zero-order valence-electron chi connectivity index (χ0n) is 21.7. The fourth-order valence-electron chi connectivity index (χ4n) is 4.10. The van der Waals surface area contributed by atoms with Crippen LogP contribution in [0.4, 0.5) is 13.2 Å². The van der Waals surface area contributed by atoms with Crippen molar-refractivity contribution in [3.63, 3.8) is 0 Å². The first kappa shape index (κ1) is 30.9. The zero-order chi connectivity index (χ0) is 28.1. The highest BCUT2D eigenvalue weighted by Crippen LogP contribution is 2.24. The van der Waals surface area contributed by atoms with Crippen molar-refractivity contribution in [3.05, 3.63) is 54.0 Å². The van der Waals surface area contributed by atoms with Gasteiger partial charge in [-0.3, -0.25) is 9.59 Å². The summed E-state index contributed by atoms with van der Waals surface area (Å²) < 4.78 is 42.8. The van der Waals surface area contributed by atoms with Crippen LogP contribution in [0, 0.1) is 0 Å². The first-order valence-corrected chi connectivity index (χ1v) is 12.7. The summed E-state index contributed by atoms with van der Waals surface area (Å²) >= 11 is 0. The lowest BCUT2D eigenvalue weighted by Gasteiger charge is -2.29. The van der Waals surface area contributed by atoms with Crippen LogP contribution in [-0.2, 0) is 4.79 Å². The van der Waals surface area contributed by atoms with Crippen LogP contribution in [0.3, 0.4) is 0 Å². The van der Waals surface area contributed by atoms with Crippen molar-refractivity contribution in [3.8, 4) is 5.75 Å². The number of alkyl halides is 3. The summed E-state index contributed by atoms with van der Waals surface area (Å²) in [5.74, 6) is -1.69. The van der Waals surface area contributed by atoms with E-state index in [0.29, 0.717) is 30.9 Å². The largest absolute Gasteiger partial charge is 0.492 e. The Labute approximate surface area is 220 Å². The second kappa shape index (κ2) is 15.2. The summed E-state index contributed by atoms with van der Waals surface area (Å²) in [7, 11) is 0. The molecule has 2 heterocycles. The Morgan fingerprint density at radius 2 is 1.74 bits per heavy atom. The quantitative estimate of drug-likeness (QED) is 0.409. The molecular formula is C27H35F3N2O6. The smallest absolute Gasteiger partial charge is 0.490 e. The molecule has 11 heteroatoms. The number of rotatable bonds is 10. The number of nitrogens with zero attached hydrogens (tertiary/aromatic N) is 2. The lowest BCUT2D eigenvalue weighted by atomic mass is 10.0. The van der Waals surface area contributed by atoms with Gasteiger partial charge in [-0.1, -0.05) is 26.7 Å². The minimum Gasteiger partial charge on any atom is -0.492 e. The van der Waals surface area contributed by atoms with Crippen LogP contribution in [0.2, 0.25) is 0 Å². The molecule has 3 rings (SSSR count). The maximum atomic E-state index is 13.3. The summed E-state index contributed by atoms with van der Waals surface area (Å²) in [5, 5.41) is 7.12. The van der Waals surface area contributed by atoms with Crippen LogP contribution in [0.25, 0.3) is 0 Å². The zero-order valence-corrected chi connectivity index (χ0v) is 21.7. The van der Waals surface area contributed by atoms with Crippen molar-refractivity contribution in [2.75, 3.05) is 32.8 Å². The standard InChI is InChI=1S/C25H34N2O4.C2HF3O2/c1-3-26(4-2)16-18-30-22-13-11-20(12-14-22)25(29)27-15-7-5-6-9-21(27)19-23(28)24-10-8-17-31-24;3-2(4,5)1(6)7/h8,10-14,17,21H,3-7,9,15-16,18-19H2,1-2H3;(H,6,7). The lowest BCUT2D eigenvalue weighted by Crippen LogP contribution is -2.41. The van der Waals surface area contributed by atoms with Gasteiger partial charge in [0.2, 0.25) is 0 Å². The molecule has 1 amide bonds. The van der Waals surface area contributed by atoms with Gasteiger partial charge in [-0.15, -0.1) is 0 Å². The number of benzene rings is 1. The second-order valence-electron chi connectivity index (χ2n) is 8.81. The van der Waals surface area contributed by atoms with E-state index in [-0.39, 0.29) is 17.7 Å². The van der Waals surface area contributed by atoms with Crippen molar-refractivity contribution >= 4 is 17.7 Å². The summed E-state index contributed by atoms with van der Waals surface area (Å²) in [4.78, 5) is 38.9. The van der Waals surface area contributed by atoms with Crippen molar-refractivity contribution in [1.82, 2.24) is 9.80 Å². The number of likely N-dealkylation sites (tertiary alicyclic amines) is 1. The van der Waals surface area contributed by atoms with E-state index in [0.717, 1.165) is 51.1 Å². The monoisotopic (exact) mass is 540 g/mol. The number of hydrogen-bond donors (Lipinski definition) is 1. The highest BCUT2D eigenvalue weighted by atomic mass is 19.4. The van der Waals surface area contributed by atoms with Gasteiger partial charge in [0, 0.05) is 31.1 Å². The Balaban J connectivity index is 0.000000638. The Morgan fingerprint density at radius 3 is 2.29 bits per heavy atom. The number of furan rings is 1. The maximum Gasteiger partial charge on any atom is 0.490 e. The predicted molar refractivity (Wildman–Crippen MR) is 134 cm³/mol. The number of carbonyl (C=O) groups excluding carboxylic acids is 2. The number of carbonyl (C=O) groups is 3. The van der Waals surface area contributed by atoms with Gasteiger partial charge in [0.15, 0.2) is 11.5 Å². The molecule has 1 aliphatic rings. The number of carboxylic acids is 1. The van der Waals surface area contributed by atoms with E-state index in [9.17, 15) is 22.8 Å². The van der Waals surface area contributed by atoms with Crippen LogP contribution in [0.5, 0.6) is 5.75 Å². The molecule has 1 unspecified atom stereocenters. The Kier molecular flexibility index (Phi) is 12.3. The van der Waals surface area contributed by atoms with Crippen LogP contribution in [0.1, 0.15) is 66.9 Å². The minimum absolute atomic E-state index is 0.0196. The van der Waals surface area contributed by atoms with Crippen LogP contribution in [-0.4, -0.2) is 77.6 Å². The third kappa shape index (κ3) is 9.85. The third-order valence-corrected chi connectivity index (χ3v) is 6.27. The van der Waals surface area contributed by atoms with E-state index >= 15 is 0 Å². The van der Waals surface area contributed by atoms with Gasteiger partial charge in [0.25, 0.3) is 5.91 Å². The number of aliphatic carboxylic acids is 1. The van der Waals surface area contributed by atoms with Crippen molar-refractivity contribution in [2.45, 2.75) is 58.2 Å². The second-order valence-corrected chi connectivity index (χ2v) is 8.81. The molecule has 0 spiro atoms. The highest BCUT2D eigenvalue weighted by molar-refractivity contribution is 5.96. The van der Waals surface area contributed by atoms with E-state index in [1.807, 2.05) is 29.2 Å². The minimum atomic E-state index is -5.08. The summed E-state index contributed by atoms with van der Waals surface area (Å²) in [6.07, 6.45) is 0.628. The number of likely N-dealkylation sites (N-methyl/N-ethyl adjacent to an activating group) is 1. The van der Waals surface area contributed by atoms with E-state index in [4.69, 9.17) is 19.1 Å². The molecule has 8 nitrogen and oxygen atoms in total. The van der Waals surface area contributed by atoms with E-state index < -0.39 is 12.1 Å². The van der Waals surface area contributed by atoms with E-state index in [1.165, 1.54) is 6.26 Å². The van der Waals surface area contributed by atoms with Gasteiger partial charge in [-0.2, -0.15) is 13.2 Å². The molecular weight excluding hydrogens is 505 g/mol. The molecule has 210 valence electrons. The molecule has 0 aliphatic carbocycles. The molecule has 2 aromatic rings. The molecule has 1 aromatic carbocycles. The van der Waals surface area contributed by atoms with Crippen molar-refractivity contribution in [2.24, 2.45) is 0 Å². The topological polar surface area (TPSA) is 100 Å². The Hall–Kier alpha value is -3.34. The van der Waals surface area contributed by atoms with Crippen LogP contribution < -0.4 is 4.74 Å². The lowest BCUT2D eigenvalue weighted by molar-refractivity contribution is -0.192. The number of ketones is 1. The first-order chi connectivity index (χ1) is 18.1. The van der Waals surface area contributed by atoms with Gasteiger partial charge < -0.3 is 24.1 Å². The third-order valence-electron chi connectivity index (χ3n) is 6.27. The van der Waals surface area contributed by atoms with Gasteiger partial charge in [-0.05, 0) is 62.3 Å². The number of halogens is 3. The Morgan fingerprint density at radius 1 is 1.08 bits per heavy atom. The van der Waals surface area contributed by atoms with Crippen molar-refractivity contribution < 1.29 is 41.8 Å². The number of carboxylic acid groups (broad SMARTS) is 1. The molecule has 0 saturated carbocycles. The fraction of sp³-hybridized carbons (Fsp3) is 0.519. The highest BCUT2D eigenvalue weighted by Gasteiger charge is 2.38. The molecule has 0 bridgehead atoms. The van der Waals surface area contributed by atoms with Gasteiger partial charge in [-0.25, -0.2) is 4.79 Å². The predicted octanol–water partition coefficient (Wildman–Crippen LogP) is 5.29. The fourth-order valence-corrected chi connectivity index (χ4v) is 4.10. The average Bonchev–Trinajstić information content (AvgIpc) is 3.34. The first-order valence-electron chi connectivity index (χ1n) is 12.7. The van der Waals surface area contributed by atoms with Gasteiger partial charge in [0.05, 0.1) is 6.26 Å². The van der Waals surface area contributed by atoms with E-state index in [2.05, 4.69) is 18.7 Å². The summed E-state index contributed by atoms with van der Waals surface area (Å²) in [6, 6.07) is 10.7.